The standard InChI is InChI=1S/C26H31NO4/c1-3-4-15-30-23-16-21-18(2)24(19-11-7-5-8-12-19)26(27(28)29)25(22(21)17-31-23)20-13-9-6-10-14-20/h5-14,17-18,21,23-26H,3-4,15-16H2,1-2H3/t18-,21-,23+,24-,25+,26+/m0/s1. The summed E-state index contributed by atoms with van der Waals surface area (Å²) in [6.45, 7) is 4.97. The minimum absolute atomic E-state index is 0.0767. The van der Waals surface area contributed by atoms with E-state index >= 15 is 0 Å². The molecule has 1 heterocycles. The van der Waals surface area contributed by atoms with Gasteiger partial charge in [-0.05, 0) is 35.0 Å². The lowest BCUT2D eigenvalue weighted by Gasteiger charge is -2.46. The molecule has 0 bridgehead atoms. The summed E-state index contributed by atoms with van der Waals surface area (Å²) in [5.74, 6) is -0.227. The molecule has 0 spiro atoms. The zero-order valence-corrected chi connectivity index (χ0v) is 18.2. The molecule has 6 atom stereocenters. The smallest absolute Gasteiger partial charge is 0.230 e. The number of unbranched alkanes of at least 4 members (excludes halogenated alkanes) is 1. The third-order valence-electron chi connectivity index (χ3n) is 6.89. The van der Waals surface area contributed by atoms with E-state index < -0.39 is 6.04 Å². The Hall–Kier alpha value is -2.66. The topological polar surface area (TPSA) is 61.6 Å². The van der Waals surface area contributed by atoms with Crippen molar-refractivity contribution in [2.45, 2.75) is 57.3 Å². The largest absolute Gasteiger partial charge is 0.473 e. The van der Waals surface area contributed by atoms with Gasteiger partial charge in [0.15, 0.2) is 6.29 Å². The normalized spacial score (nSPS) is 30.1. The number of ether oxygens (including phenoxy) is 2. The van der Waals surface area contributed by atoms with Crippen LogP contribution in [0.5, 0.6) is 0 Å². The minimum atomic E-state index is -0.747. The monoisotopic (exact) mass is 421 g/mol. The highest BCUT2D eigenvalue weighted by atomic mass is 16.7. The van der Waals surface area contributed by atoms with Crippen molar-refractivity contribution in [2.24, 2.45) is 11.8 Å². The van der Waals surface area contributed by atoms with E-state index in [1.54, 1.807) is 6.26 Å². The summed E-state index contributed by atoms with van der Waals surface area (Å²) in [5.41, 5.74) is 3.04. The van der Waals surface area contributed by atoms with Crippen LogP contribution < -0.4 is 0 Å². The first kappa shape index (κ1) is 21.6. The van der Waals surface area contributed by atoms with Crippen LogP contribution in [0, 0.1) is 22.0 Å². The van der Waals surface area contributed by atoms with E-state index in [0.29, 0.717) is 6.61 Å². The number of nitrogens with zero attached hydrogens (tertiary/aromatic N) is 1. The van der Waals surface area contributed by atoms with Crippen molar-refractivity contribution < 1.29 is 14.4 Å². The molecule has 5 nitrogen and oxygen atoms in total. The average Bonchev–Trinajstić information content (AvgIpc) is 2.80. The maximum atomic E-state index is 12.5. The van der Waals surface area contributed by atoms with Crippen LogP contribution in [0.4, 0.5) is 0 Å². The van der Waals surface area contributed by atoms with Gasteiger partial charge in [-0.3, -0.25) is 10.1 Å². The van der Waals surface area contributed by atoms with Gasteiger partial charge in [-0.1, -0.05) is 80.9 Å². The number of rotatable bonds is 7. The van der Waals surface area contributed by atoms with Crippen LogP contribution in [0.15, 0.2) is 72.5 Å². The Labute approximate surface area is 184 Å². The second-order valence-corrected chi connectivity index (χ2v) is 8.71. The minimum Gasteiger partial charge on any atom is -0.473 e. The molecule has 0 N–H and O–H groups in total. The quantitative estimate of drug-likeness (QED) is 0.317. The van der Waals surface area contributed by atoms with E-state index in [1.165, 1.54) is 0 Å². The van der Waals surface area contributed by atoms with Crippen molar-refractivity contribution in [1.82, 2.24) is 0 Å². The molecular weight excluding hydrogens is 390 g/mol. The van der Waals surface area contributed by atoms with Gasteiger partial charge in [0, 0.05) is 11.3 Å². The van der Waals surface area contributed by atoms with Crippen LogP contribution in [0.2, 0.25) is 0 Å². The Bertz CT molecular complexity index is 898. The van der Waals surface area contributed by atoms with Crippen molar-refractivity contribution >= 4 is 0 Å². The lowest BCUT2D eigenvalue weighted by atomic mass is 9.58. The van der Waals surface area contributed by atoms with E-state index in [4.69, 9.17) is 9.47 Å². The summed E-state index contributed by atoms with van der Waals surface area (Å²) >= 11 is 0. The first-order valence-corrected chi connectivity index (χ1v) is 11.3. The molecule has 1 aliphatic carbocycles. The highest BCUT2D eigenvalue weighted by molar-refractivity contribution is 5.38. The Morgan fingerprint density at radius 1 is 1.06 bits per heavy atom. The fourth-order valence-corrected chi connectivity index (χ4v) is 5.37. The summed E-state index contributed by atoms with van der Waals surface area (Å²) in [6.07, 6.45) is 4.29. The number of fused-ring (bicyclic) bond motifs is 1. The SMILES string of the molecule is CCCCO[C@H]1C[C@@H]2C(=CO1)[C@@H](c1ccccc1)[C@H]([N+](=O)[O-])[C@H](c1ccccc1)[C@H]2C. The van der Waals surface area contributed by atoms with Crippen LogP contribution >= 0.6 is 0 Å². The van der Waals surface area contributed by atoms with Crippen LogP contribution in [-0.2, 0) is 9.47 Å². The Kier molecular flexibility index (Phi) is 6.71. The molecule has 0 amide bonds. The number of hydrogen-bond donors (Lipinski definition) is 0. The molecule has 1 fully saturated rings. The predicted molar refractivity (Wildman–Crippen MR) is 120 cm³/mol. The van der Waals surface area contributed by atoms with E-state index in [0.717, 1.165) is 36.0 Å². The van der Waals surface area contributed by atoms with Crippen LogP contribution in [0.1, 0.15) is 56.1 Å². The van der Waals surface area contributed by atoms with Crippen LogP contribution in [-0.4, -0.2) is 23.9 Å². The van der Waals surface area contributed by atoms with Crippen LogP contribution in [0.3, 0.4) is 0 Å². The van der Waals surface area contributed by atoms with Gasteiger partial charge in [0.2, 0.25) is 6.04 Å². The molecular formula is C26H31NO4. The highest BCUT2D eigenvalue weighted by Crippen LogP contribution is 2.54. The Morgan fingerprint density at radius 2 is 1.71 bits per heavy atom. The Balaban J connectivity index is 1.76. The van der Waals surface area contributed by atoms with Gasteiger partial charge in [0.1, 0.15) is 0 Å². The summed E-state index contributed by atoms with van der Waals surface area (Å²) in [5, 5.41) is 12.5. The lowest BCUT2D eigenvalue weighted by molar-refractivity contribution is -0.534. The second-order valence-electron chi connectivity index (χ2n) is 8.71. The molecule has 2 aromatic rings. The summed E-state index contributed by atoms with van der Waals surface area (Å²) in [7, 11) is 0. The molecule has 1 aliphatic heterocycles. The maximum Gasteiger partial charge on any atom is 0.230 e. The summed E-state index contributed by atoms with van der Waals surface area (Å²) in [6, 6.07) is 19.1. The highest BCUT2D eigenvalue weighted by Gasteiger charge is 2.54. The first-order chi connectivity index (χ1) is 15.1. The molecule has 164 valence electrons. The number of nitro groups is 1. The molecule has 0 radical (unpaired) electrons. The molecule has 5 heteroatoms. The molecule has 31 heavy (non-hydrogen) atoms. The molecule has 0 aromatic heterocycles. The Morgan fingerprint density at radius 3 is 2.32 bits per heavy atom. The zero-order valence-electron chi connectivity index (χ0n) is 18.2. The molecule has 1 saturated carbocycles. The fourth-order valence-electron chi connectivity index (χ4n) is 5.37. The average molecular weight is 422 g/mol. The molecule has 2 aromatic carbocycles. The van der Waals surface area contributed by atoms with Gasteiger partial charge < -0.3 is 9.47 Å². The molecule has 0 saturated heterocycles. The van der Waals surface area contributed by atoms with Gasteiger partial charge >= 0.3 is 0 Å². The second kappa shape index (κ2) is 9.65. The number of benzene rings is 2. The predicted octanol–water partition coefficient (Wildman–Crippen LogP) is 5.91. The van der Waals surface area contributed by atoms with Gasteiger partial charge in [-0.25, -0.2) is 0 Å². The fraction of sp³-hybridized carbons (Fsp3) is 0.462. The van der Waals surface area contributed by atoms with Crippen molar-refractivity contribution in [3.63, 3.8) is 0 Å². The third kappa shape index (κ3) is 4.38. The van der Waals surface area contributed by atoms with E-state index in [-0.39, 0.29) is 34.9 Å². The van der Waals surface area contributed by atoms with Crippen molar-refractivity contribution in [1.29, 1.82) is 0 Å². The van der Waals surface area contributed by atoms with Gasteiger partial charge in [0.25, 0.3) is 0 Å². The lowest BCUT2D eigenvalue weighted by Crippen LogP contribution is -2.48. The molecule has 0 unspecified atom stereocenters. The van der Waals surface area contributed by atoms with Gasteiger partial charge in [0.05, 0.1) is 24.7 Å². The molecule has 4 rings (SSSR count). The van der Waals surface area contributed by atoms with E-state index in [1.807, 2.05) is 60.7 Å². The van der Waals surface area contributed by atoms with Gasteiger partial charge in [-0.15, -0.1) is 0 Å². The van der Waals surface area contributed by atoms with Crippen molar-refractivity contribution in [2.75, 3.05) is 6.61 Å². The summed E-state index contributed by atoms with van der Waals surface area (Å²) in [4.78, 5) is 12.4. The van der Waals surface area contributed by atoms with E-state index in [2.05, 4.69) is 13.8 Å². The van der Waals surface area contributed by atoms with Crippen molar-refractivity contribution in [3.8, 4) is 0 Å². The first-order valence-electron chi connectivity index (χ1n) is 11.3. The van der Waals surface area contributed by atoms with Gasteiger partial charge in [-0.2, -0.15) is 0 Å². The molecule has 2 aliphatic rings. The number of hydrogen-bond acceptors (Lipinski definition) is 4. The third-order valence-corrected chi connectivity index (χ3v) is 6.89. The zero-order chi connectivity index (χ0) is 21.8. The maximum absolute atomic E-state index is 12.5. The summed E-state index contributed by atoms with van der Waals surface area (Å²) < 4.78 is 11.9. The van der Waals surface area contributed by atoms with E-state index in [9.17, 15) is 10.1 Å². The van der Waals surface area contributed by atoms with Crippen LogP contribution in [0.25, 0.3) is 0 Å². The van der Waals surface area contributed by atoms with Crippen molar-refractivity contribution in [3.05, 3.63) is 93.7 Å².